The van der Waals surface area contributed by atoms with Gasteiger partial charge in [-0.25, -0.2) is 4.79 Å². The van der Waals surface area contributed by atoms with E-state index in [2.05, 4.69) is 6.58 Å². The molecule has 0 aromatic carbocycles. The summed E-state index contributed by atoms with van der Waals surface area (Å²) in [5, 5.41) is 10.8. The molecule has 0 aromatic rings. The fourth-order valence-corrected chi connectivity index (χ4v) is 3.65. The summed E-state index contributed by atoms with van der Waals surface area (Å²) in [5.41, 5.74) is -0.0485. The Morgan fingerprint density at radius 2 is 2.19 bits per heavy atom. The highest BCUT2D eigenvalue weighted by Crippen LogP contribution is 2.44. The molecule has 3 aliphatic heterocycles. The van der Waals surface area contributed by atoms with Crippen LogP contribution in [0.25, 0.3) is 0 Å². The Kier molecular flexibility index (Phi) is 4.61. The lowest BCUT2D eigenvalue weighted by Crippen LogP contribution is -2.41. The smallest absolute Gasteiger partial charge is 0.334 e. The zero-order valence-electron chi connectivity index (χ0n) is 15.7. The Hall–Kier alpha value is -1.92. The molecule has 3 rings (SSSR count). The van der Waals surface area contributed by atoms with E-state index in [4.69, 9.17) is 14.2 Å². The van der Waals surface area contributed by atoms with E-state index in [1.165, 1.54) is 0 Å². The molecule has 0 aliphatic carbocycles. The number of hydrogen-bond acceptors (Lipinski definition) is 6. The van der Waals surface area contributed by atoms with Crippen LogP contribution in [0, 0.1) is 11.8 Å². The van der Waals surface area contributed by atoms with Gasteiger partial charge in [0.05, 0.1) is 17.4 Å². The summed E-state index contributed by atoms with van der Waals surface area (Å²) in [7, 11) is 0. The summed E-state index contributed by atoms with van der Waals surface area (Å²) in [5.74, 6) is -3.17. The first-order valence-corrected chi connectivity index (χ1v) is 9.00. The van der Waals surface area contributed by atoms with Crippen molar-refractivity contribution in [3.05, 3.63) is 36.0 Å². The molecule has 3 heterocycles. The van der Waals surface area contributed by atoms with Gasteiger partial charge in [-0.3, -0.25) is 4.79 Å². The minimum Gasteiger partial charge on any atom is -0.461 e. The van der Waals surface area contributed by atoms with Gasteiger partial charge >= 0.3 is 11.9 Å². The summed E-state index contributed by atoms with van der Waals surface area (Å²) in [4.78, 5) is 24.6. The molecule has 0 saturated carbocycles. The number of fused-ring (bicyclic) bond motifs is 3. The zero-order chi connectivity index (χ0) is 19.3. The van der Waals surface area contributed by atoms with Crippen molar-refractivity contribution in [1.29, 1.82) is 0 Å². The van der Waals surface area contributed by atoms with E-state index >= 15 is 0 Å². The van der Waals surface area contributed by atoms with Gasteiger partial charge in [0, 0.05) is 12.0 Å². The third-order valence-electron chi connectivity index (χ3n) is 5.58. The quantitative estimate of drug-likeness (QED) is 0.472. The van der Waals surface area contributed by atoms with Gasteiger partial charge in [-0.1, -0.05) is 26.5 Å². The lowest BCUT2D eigenvalue weighted by Gasteiger charge is -2.33. The van der Waals surface area contributed by atoms with Crippen molar-refractivity contribution in [2.45, 2.75) is 64.1 Å². The second-order valence-corrected chi connectivity index (χ2v) is 7.70. The van der Waals surface area contributed by atoms with Gasteiger partial charge in [0.1, 0.15) is 12.2 Å². The molecule has 3 aliphatic rings. The predicted molar refractivity (Wildman–Crippen MR) is 93.8 cm³/mol. The first-order chi connectivity index (χ1) is 12.1. The van der Waals surface area contributed by atoms with Gasteiger partial charge in [-0.05, 0) is 38.0 Å². The van der Waals surface area contributed by atoms with Crippen molar-refractivity contribution in [3.63, 3.8) is 0 Å². The highest BCUT2D eigenvalue weighted by Gasteiger charge is 2.52. The second kappa shape index (κ2) is 6.35. The van der Waals surface area contributed by atoms with Crippen molar-refractivity contribution in [2.75, 3.05) is 0 Å². The second-order valence-electron chi connectivity index (χ2n) is 7.70. The molecule has 0 radical (unpaired) electrons. The van der Waals surface area contributed by atoms with Crippen LogP contribution in [0.15, 0.2) is 36.0 Å². The van der Waals surface area contributed by atoms with Gasteiger partial charge in [0.2, 0.25) is 5.79 Å². The van der Waals surface area contributed by atoms with Crippen LogP contribution in [-0.4, -0.2) is 40.6 Å². The number of carbonyl (C=O) groups is 2. The molecule has 0 spiro atoms. The molecule has 6 nitrogen and oxygen atoms in total. The molecular formula is C20H26O6. The van der Waals surface area contributed by atoms with Crippen LogP contribution in [0.1, 0.15) is 40.5 Å². The predicted octanol–water partition coefficient (Wildman–Crippen LogP) is 2.43. The maximum Gasteiger partial charge on any atom is 0.334 e. The van der Waals surface area contributed by atoms with Crippen LogP contribution in [0.2, 0.25) is 0 Å². The van der Waals surface area contributed by atoms with Crippen LogP contribution >= 0.6 is 0 Å². The van der Waals surface area contributed by atoms with Crippen molar-refractivity contribution in [2.24, 2.45) is 11.8 Å². The van der Waals surface area contributed by atoms with E-state index in [1.807, 2.05) is 13.8 Å². The molecule has 6 atom stereocenters. The van der Waals surface area contributed by atoms with Crippen molar-refractivity contribution >= 4 is 11.9 Å². The Labute approximate surface area is 153 Å². The number of hydrogen-bond donors (Lipinski definition) is 1. The molecule has 26 heavy (non-hydrogen) atoms. The molecular weight excluding hydrogens is 336 g/mol. The lowest BCUT2D eigenvalue weighted by molar-refractivity contribution is -0.190. The first kappa shape index (κ1) is 18.9. The third kappa shape index (κ3) is 3.12. The first-order valence-electron chi connectivity index (χ1n) is 9.00. The summed E-state index contributed by atoms with van der Waals surface area (Å²) in [6.07, 6.45) is 4.64. The van der Waals surface area contributed by atoms with Gasteiger partial charge in [0.15, 0.2) is 0 Å². The molecule has 1 N–H and O–H groups in total. The molecule has 2 bridgehead atoms. The van der Waals surface area contributed by atoms with Crippen LogP contribution < -0.4 is 0 Å². The zero-order valence-corrected chi connectivity index (χ0v) is 15.7. The fraction of sp³-hybridized carbons (Fsp3) is 0.600. The molecule has 0 amide bonds. The molecule has 0 aromatic heterocycles. The molecule has 6 unspecified atom stereocenters. The fourth-order valence-electron chi connectivity index (χ4n) is 3.65. The van der Waals surface area contributed by atoms with E-state index in [0.29, 0.717) is 12.0 Å². The minimum atomic E-state index is -1.56. The van der Waals surface area contributed by atoms with Crippen LogP contribution in [0.3, 0.4) is 0 Å². The maximum absolute atomic E-state index is 12.4. The SMILES string of the molecule is C=C1C(=O)OC2C=C(C)C3(O)C=CC(C)(CC(OC(=O)C(C)CC)C12)O3. The standard InChI is InChI=1S/C20H26O6/c1-6-11(2)17(21)25-15-10-19(5)7-8-20(23,26-19)12(3)9-14-16(15)13(4)18(22)24-14/h7-9,11,14-16,23H,4,6,10H2,1-3,5H3. The van der Waals surface area contributed by atoms with Crippen LogP contribution in [-0.2, 0) is 23.8 Å². The average Bonchev–Trinajstić information content (AvgIpc) is 3.03. The van der Waals surface area contributed by atoms with Gasteiger partial charge in [-0.15, -0.1) is 0 Å². The third-order valence-corrected chi connectivity index (χ3v) is 5.58. The number of rotatable bonds is 3. The lowest BCUT2D eigenvalue weighted by atomic mass is 9.83. The maximum atomic E-state index is 12.4. The number of carbonyl (C=O) groups excluding carboxylic acids is 2. The van der Waals surface area contributed by atoms with Gasteiger partial charge < -0.3 is 19.3 Å². The van der Waals surface area contributed by atoms with E-state index in [9.17, 15) is 14.7 Å². The van der Waals surface area contributed by atoms with Crippen LogP contribution in [0.4, 0.5) is 0 Å². The van der Waals surface area contributed by atoms with Crippen molar-refractivity contribution in [1.82, 2.24) is 0 Å². The summed E-state index contributed by atoms with van der Waals surface area (Å²) < 4.78 is 17.1. The number of esters is 2. The Balaban J connectivity index is 2.01. The Morgan fingerprint density at radius 3 is 2.85 bits per heavy atom. The summed E-state index contributed by atoms with van der Waals surface area (Å²) in [6, 6.07) is 0. The van der Waals surface area contributed by atoms with E-state index < -0.39 is 35.5 Å². The Bertz CT molecular complexity index is 707. The topological polar surface area (TPSA) is 82.1 Å². The molecule has 1 fully saturated rings. The van der Waals surface area contributed by atoms with Crippen molar-refractivity contribution < 1.29 is 28.9 Å². The minimum absolute atomic E-state index is 0.255. The normalized spacial score (nSPS) is 40.0. The molecule has 6 heteroatoms. The van der Waals surface area contributed by atoms with E-state index in [-0.39, 0.29) is 23.9 Å². The highest BCUT2D eigenvalue weighted by molar-refractivity contribution is 5.91. The van der Waals surface area contributed by atoms with Gasteiger partial charge in [0.25, 0.3) is 0 Å². The van der Waals surface area contributed by atoms with Gasteiger partial charge in [-0.2, -0.15) is 0 Å². The number of aliphatic hydroxyl groups is 1. The highest BCUT2D eigenvalue weighted by atomic mass is 16.6. The largest absolute Gasteiger partial charge is 0.461 e. The average molecular weight is 362 g/mol. The monoisotopic (exact) mass is 362 g/mol. The van der Waals surface area contributed by atoms with Crippen molar-refractivity contribution in [3.8, 4) is 0 Å². The van der Waals surface area contributed by atoms with E-state index in [1.54, 1.807) is 32.1 Å². The molecule has 1 saturated heterocycles. The Morgan fingerprint density at radius 1 is 1.50 bits per heavy atom. The summed E-state index contributed by atoms with van der Waals surface area (Å²) in [6.45, 7) is 11.1. The number of ether oxygens (including phenoxy) is 3. The molecule has 142 valence electrons. The van der Waals surface area contributed by atoms with E-state index in [0.717, 1.165) is 0 Å². The van der Waals surface area contributed by atoms with Crippen LogP contribution in [0.5, 0.6) is 0 Å². The summed E-state index contributed by atoms with van der Waals surface area (Å²) >= 11 is 0.